The second-order valence-electron chi connectivity index (χ2n) is 6.39. The third kappa shape index (κ3) is 4.56. The van der Waals surface area contributed by atoms with Crippen LogP contribution in [0.3, 0.4) is 0 Å². The molecular weight excluding hydrogens is 436 g/mol. The summed E-state index contributed by atoms with van der Waals surface area (Å²) < 4.78 is 27.1. The van der Waals surface area contributed by atoms with Crippen LogP contribution in [0.25, 0.3) is 0 Å². The van der Waals surface area contributed by atoms with Crippen molar-refractivity contribution in [2.75, 3.05) is 18.4 Å². The third-order valence-electron chi connectivity index (χ3n) is 4.42. The lowest BCUT2D eigenvalue weighted by Crippen LogP contribution is -2.42. The van der Waals surface area contributed by atoms with Crippen LogP contribution in [0, 0.1) is 0 Å². The van der Waals surface area contributed by atoms with Gasteiger partial charge in [-0.2, -0.15) is 0 Å². The first-order valence-corrected chi connectivity index (χ1v) is 9.26. The van der Waals surface area contributed by atoms with Crippen LogP contribution in [0.1, 0.15) is 28.8 Å². The van der Waals surface area contributed by atoms with Crippen LogP contribution in [-0.4, -0.2) is 45.8 Å². The van der Waals surface area contributed by atoms with Crippen LogP contribution >= 0.6 is 15.9 Å². The van der Waals surface area contributed by atoms with Crippen molar-refractivity contribution in [3.05, 3.63) is 52.1 Å². The van der Waals surface area contributed by atoms with Gasteiger partial charge in [0.25, 0.3) is 11.8 Å². The van der Waals surface area contributed by atoms with E-state index in [1.807, 2.05) is 0 Å². The Morgan fingerprint density at radius 3 is 2.46 bits per heavy atom. The van der Waals surface area contributed by atoms with Gasteiger partial charge in [-0.05, 0) is 46.3 Å². The molecule has 0 atom stereocenters. The number of hydrogen-bond donors (Lipinski definition) is 3. The normalized spacial score (nSPS) is 16.7. The van der Waals surface area contributed by atoms with Gasteiger partial charge in [-0.1, -0.05) is 5.16 Å². The Morgan fingerprint density at radius 1 is 1.25 bits per heavy atom. The number of hydrogen-bond acceptors (Lipinski definition) is 5. The van der Waals surface area contributed by atoms with Gasteiger partial charge < -0.3 is 21.2 Å². The largest absolute Gasteiger partial charge is 0.409 e. The van der Waals surface area contributed by atoms with Crippen LogP contribution in [0.2, 0.25) is 0 Å². The summed E-state index contributed by atoms with van der Waals surface area (Å²) in [7, 11) is 0. The highest BCUT2D eigenvalue weighted by atomic mass is 79.9. The molecule has 1 aromatic carbocycles. The average Bonchev–Trinajstić information content (AvgIpc) is 2.69. The third-order valence-corrected chi connectivity index (χ3v) is 5.03. The topological polar surface area (TPSA) is 104 Å². The predicted molar refractivity (Wildman–Crippen MR) is 104 cm³/mol. The molecule has 1 fully saturated rings. The second-order valence-corrected chi connectivity index (χ2v) is 7.24. The molecule has 148 valence electrons. The number of amidine groups is 1. The fourth-order valence-corrected chi connectivity index (χ4v) is 3.23. The van der Waals surface area contributed by atoms with Gasteiger partial charge in [0.1, 0.15) is 5.82 Å². The van der Waals surface area contributed by atoms with Gasteiger partial charge in [-0.15, -0.1) is 0 Å². The maximum absolute atomic E-state index is 13.3. The lowest BCUT2D eigenvalue weighted by Gasteiger charge is -2.31. The number of benzene rings is 1. The van der Waals surface area contributed by atoms with Gasteiger partial charge in [0.15, 0.2) is 5.84 Å². The molecule has 1 aliphatic heterocycles. The van der Waals surface area contributed by atoms with E-state index in [1.165, 1.54) is 11.1 Å². The fraction of sp³-hybridized carbons (Fsp3) is 0.278. The van der Waals surface area contributed by atoms with Crippen molar-refractivity contribution in [2.24, 2.45) is 10.9 Å². The Bertz CT molecular complexity index is 895. The van der Waals surface area contributed by atoms with E-state index in [2.05, 4.69) is 31.4 Å². The molecule has 1 amide bonds. The zero-order valence-electron chi connectivity index (χ0n) is 14.7. The molecule has 1 aliphatic rings. The Balaban J connectivity index is 1.69. The van der Waals surface area contributed by atoms with Gasteiger partial charge in [0.05, 0.1) is 10.0 Å². The molecule has 0 saturated carbocycles. The van der Waals surface area contributed by atoms with Crippen molar-refractivity contribution in [3.63, 3.8) is 0 Å². The molecule has 0 aliphatic carbocycles. The highest BCUT2D eigenvalue weighted by Crippen LogP contribution is 2.29. The first-order valence-electron chi connectivity index (χ1n) is 8.47. The van der Waals surface area contributed by atoms with E-state index in [9.17, 15) is 13.6 Å². The molecule has 0 unspecified atom stereocenters. The molecule has 7 nitrogen and oxygen atoms in total. The molecule has 0 bridgehead atoms. The summed E-state index contributed by atoms with van der Waals surface area (Å²) >= 11 is 3.38. The molecule has 1 saturated heterocycles. The highest BCUT2D eigenvalue weighted by molar-refractivity contribution is 9.10. The van der Waals surface area contributed by atoms with E-state index < -0.39 is 5.92 Å². The van der Waals surface area contributed by atoms with Crippen LogP contribution in [-0.2, 0) is 0 Å². The number of anilines is 2. The smallest absolute Gasteiger partial charge is 0.255 e. The Hall–Kier alpha value is -2.75. The number of halogens is 3. The molecular formula is C18H18BrF2N5O2. The first-order chi connectivity index (χ1) is 13.3. The van der Waals surface area contributed by atoms with Crippen LogP contribution in [0.4, 0.5) is 20.3 Å². The molecule has 0 radical (unpaired) electrons. The monoisotopic (exact) mass is 453 g/mol. The minimum atomic E-state index is -2.70. The summed E-state index contributed by atoms with van der Waals surface area (Å²) in [4.78, 5) is 18.2. The molecule has 0 spiro atoms. The van der Waals surface area contributed by atoms with E-state index in [-0.39, 0.29) is 37.7 Å². The second kappa shape index (κ2) is 8.09. The molecule has 2 aromatic rings. The van der Waals surface area contributed by atoms with Gasteiger partial charge in [0, 0.05) is 43.4 Å². The number of carbonyl (C=O) groups is 1. The number of pyridine rings is 1. The highest BCUT2D eigenvalue weighted by Gasteiger charge is 2.35. The summed E-state index contributed by atoms with van der Waals surface area (Å²) in [6.45, 7) is 0.0478. The number of nitrogens with zero attached hydrogens (tertiary/aromatic N) is 3. The number of carbonyl (C=O) groups excluding carboxylic acids is 1. The SMILES string of the molecule is N/C(=N\O)c1ccc(Nc2ncc(C(=O)N3CCC(F)(F)CC3)cc2Br)cc1. The predicted octanol–water partition coefficient (Wildman–Crippen LogP) is 3.55. The summed E-state index contributed by atoms with van der Waals surface area (Å²) in [5.41, 5.74) is 7.12. The number of amides is 1. The van der Waals surface area contributed by atoms with Crippen molar-refractivity contribution in [1.29, 1.82) is 0 Å². The zero-order chi connectivity index (χ0) is 20.3. The Labute approximate surface area is 168 Å². The van der Waals surface area contributed by atoms with E-state index >= 15 is 0 Å². The van der Waals surface area contributed by atoms with Crippen molar-refractivity contribution in [1.82, 2.24) is 9.88 Å². The van der Waals surface area contributed by atoms with Gasteiger partial charge >= 0.3 is 0 Å². The summed E-state index contributed by atoms with van der Waals surface area (Å²) in [5.74, 6) is -2.53. The number of likely N-dealkylation sites (tertiary alicyclic amines) is 1. The van der Waals surface area contributed by atoms with Crippen molar-refractivity contribution >= 4 is 39.2 Å². The maximum Gasteiger partial charge on any atom is 0.255 e. The quantitative estimate of drug-likeness (QED) is 0.284. The summed E-state index contributed by atoms with van der Waals surface area (Å²) in [6.07, 6.45) is 0.760. The fourth-order valence-electron chi connectivity index (χ4n) is 2.79. The van der Waals surface area contributed by atoms with E-state index in [1.54, 1.807) is 30.3 Å². The van der Waals surface area contributed by atoms with E-state index in [0.717, 1.165) is 0 Å². The van der Waals surface area contributed by atoms with Gasteiger partial charge in [-0.25, -0.2) is 13.8 Å². The molecule has 4 N–H and O–H groups in total. The number of oxime groups is 1. The number of nitrogens with two attached hydrogens (primary N) is 1. The van der Waals surface area contributed by atoms with Crippen LogP contribution < -0.4 is 11.1 Å². The molecule has 10 heteroatoms. The number of piperidine rings is 1. The van der Waals surface area contributed by atoms with Crippen molar-refractivity contribution in [3.8, 4) is 0 Å². The number of alkyl halides is 2. The Kier molecular flexibility index (Phi) is 5.78. The average molecular weight is 454 g/mol. The van der Waals surface area contributed by atoms with Gasteiger partial charge in [0.2, 0.25) is 0 Å². The number of nitrogens with one attached hydrogen (secondary N) is 1. The van der Waals surface area contributed by atoms with Crippen molar-refractivity contribution in [2.45, 2.75) is 18.8 Å². The van der Waals surface area contributed by atoms with E-state index in [4.69, 9.17) is 10.9 Å². The van der Waals surface area contributed by atoms with Gasteiger partial charge in [-0.3, -0.25) is 4.79 Å². The van der Waals surface area contributed by atoms with Crippen LogP contribution in [0.15, 0.2) is 46.2 Å². The minimum absolute atomic E-state index is 0.00389. The van der Waals surface area contributed by atoms with Crippen LogP contribution in [0.5, 0.6) is 0 Å². The summed E-state index contributed by atoms with van der Waals surface area (Å²) in [6, 6.07) is 8.42. The first kappa shape index (κ1) is 20.0. The maximum atomic E-state index is 13.3. The summed E-state index contributed by atoms with van der Waals surface area (Å²) in [5, 5.41) is 14.7. The standard InChI is InChI=1S/C18H18BrF2N5O2/c19-14-9-12(17(27)26-7-5-18(20,21)6-8-26)10-23-16(14)24-13-3-1-11(2-4-13)15(22)25-28/h1-4,9-10,28H,5-8H2,(H2,22,25)(H,23,24). The van der Waals surface area contributed by atoms with E-state index in [0.29, 0.717) is 27.1 Å². The Morgan fingerprint density at radius 2 is 1.89 bits per heavy atom. The zero-order valence-corrected chi connectivity index (χ0v) is 16.3. The van der Waals surface area contributed by atoms with Crippen molar-refractivity contribution < 1.29 is 18.8 Å². The molecule has 28 heavy (non-hydrogen) atoms. The number of aromatic nitrogens is 1. The lowest BCUT2D eigenvalue weighted by molar-refractivity contribution is -0.0494. The number of rotatable bonds is 4. The molecule has 3 rings (SSSR count). The lowest BCUT2D eigenvalue weighted by atomic mass is 10.1. The molecule has 1 aromatic heterocycles. The molecule has 2 heterocycles. The minimum Gasteiger partial charge on any atom is -0.409 e.